The number of rotatable bonds is 13. The van der Waals surface area contributed by atoms with E-state index in [0.717, 1.165) is 83.6 Å². The van der Waals surface area contributed by atoms with Crippen molar-refractivity contribution in [3.8, 4) is 5.75 Å². The van der Waals surface area contributed by atoms with Crippen LogP contribution in [0.2, 0.25) is 0 Å². The normalized spacial score (nSPS) is 15.8. The molecule has 0 aliphatic carbocycles. The average Bonchev–Trinajstić information content (AvgIpc) is 2.83. The number of methoxy groups -OCH3 is 1. The summed E-state index contributed by atoms with van der Waals surface area (Å²) in [4.78, 5) is 6.83. The molecule has 1 atom stereocenters. The number of nitrogens with zero attached hydrogens (tertiary/aromatic N) is 2. The number of ether oxygens (including phenoxy) is 3. The summed E-state index contributed by atoms with van der Waals surface area (Å²) in [6, 6.07) is 8.57. The van der Waals surface area contributed by atoms with Crippen LogP contribution in [0.4, 0.5) is 0 Å². The molecule has 1 fully saturated rings. The van der Waals surface area contributed by atoms with Crippen LogP contribution in [0.15, 0.2) is 29.3 Å². The van der Waals surface area contributed by atoms with E-state index < -0.39 is 0 Å². The Hall–Kier alpha value is -1.10. The van der Waals surface area contributed by atoms with Gasteiger partial charge in [0.25, 0.3) is 0 Å². The molecular formula is C24H43IN4O3. The van der Waals surface area contributed by atoms with Gasteiger partial charge in [0.2, 0.25) is 0 Å². The summed E-state index contributed by atoms with van der Waals surface area (Å²) >= 11 is 0. The molecule has 32 heavy (non-hydrogen) atoms. The van der Waals surface area contributed by atoms with E-state index in [2.05, 4.69) is 52.6 Å². The number of guanidine groups is 1. The topological polar surface area (TPSA) is 67.4 Å². The van der Waals surface area contributed by atoms with E-state index in [9.17, 15) is 0 Å². The number of likely N-dealkylation sites (N-methyl/N-ethyl adjacent to an activating group) is 1. The van der Waals surface area contributed by atoms with Crippen molar-refractivity contribution >= 4 is 29.9 Å². The Kier molecular flexibility index (Phi) is 15.7. The van der Waals surface area contributed by atoms with Gasteiger partial charge < -0.3 is 24.8 Å². The fourth-order valence-corrected chi connectivity index (χ4v) is 3.93. The van der Waals surface area contributed by atoms with Crippen LogP contribution in [0.25, 0.3) is 0 Å². The quantitative estimate of drug-likeness (QED) is 0.166. The van der Waals surface area contributed by atoms with Gasteiger partial charge in [-0.2, -0.15) is 0 Å². The van der Waals surface area contributed by atoms with E-state index >= 15 is 0 Å². The standard InChI is InChI=1S/C24H42N4O3.HI/c1-5-28(6-2)23(21-9-7-10-22(17-21)29-4)18-27-24(25-3)26-13-8-14-31-19-20-11-15-30-16-12-20;/h7,9-10,17,20,23H,5-6,8,11-16,18-19H2,1-4H3,(H2,25,26,27);1H. The van der Waals surface area contributed by atoms with Crippen molar-refractivity contribution in [2.45, 2.75) is 39.2 Å². The highest BCUT2D eigenvalue weighted by Gasteiger charge is 2.19. The lowest BCUT2D eigenvalue weighted by Crippen LogP contribution is -2.43. The molecule has 1 aromatic rings. The molecule has 0 bridgehead atoms. The lowest BCUT2D eigenvalue weighted by atomic mass is 10.0. The molecule has 0 saturated carbocycles. The van der Waals surface area contributed by atoms with Gasteiger partial charge in [0.15, 0.2) is 5.96 Å². The third-order valence-electron chi connectivity index (χ3n) is 5.87. The fraction of sp³-hybridized carbons (Fsp3) is 0.708. The van der Waals surface area contributed by atoms with Crippen molar-refractivity contribution in [2.75, 3.05) is 66.8 Å². The largest absolute Gasteiger partial charge is 0.497 e. The van der Waals surface area contributed by atoms with Crippen LogP contribution in [0.1, 0.15) is 44.7 Å². The van der Waals surface area contributed by atoms with Gasteiger partial charge in [-0.15, -0.1) is 24.0 Å². The summed E-state index contributed by atoms with van der Waals surface area (Å²) in [7, 11) is 3.53. The van der Waals surface area contributed by atoms with E-state index in [1.54, 1.807) is 7.11 Å². The predicted octanol–water partition coefficient (Wildman–Crippen LogP) is 3.69. The van der Waals surface area contributed by atoms with Crippen LogP contribution >= 0.6 is 24.0 Å². The lowest BCUT2D eigenvalue weighted by molar-refractivity contribution is 0.0203. The highest BCUT2D eigenvalue weighted by molar-refractivity contribution is 14.0. The molecule has 2 rings (SSSR count). The van der Waals surface area contributed by atoms with Gasteiger partial charge in [-0.3, -0.25) is 9.89 Å². The number of benzene rings is 1. The molecule has 8 heteroatoms. The Morgan fingerprint density at radius 2 is 1.97 bits per heavy atom. The summed E-state index contributed by atoms with van der Waals surface area (Å²) < 4.78 is 16.7. The lowest BCUT2D eigenvalue weighted by Gasteiger charge is -2.31. The van der Waals surface area contributed by atoms with Crippen LogP contribution in [-0.2, 0) is 9.47 Å². The highest BCUT2D eigenvalue weighted by Crippen LogP contribution is 2.23. The number of halogens is 1. The van der Waals surface area contributed by atoms with Crippen molar-refractivity contribution < 1.29 is 14.2 Å². The second kappa shape index (κ2) is 17.4. The fourth-order valence-electron chi connectivity index (χ4n) is 3.93. The van der Waals surface area contributed by atoms with E-state index in [1.807, 2.05) is 13.1 Å². The van der Waals surface area contributed by atoms with Gasteiger partial charge in [0.05, 0.1) is 13.2 Å². The Morgan fingerprint density at radius 3 is 2.62 bits per heavy atom. The maximum atomic E-state index is 5.85. The van der Waals surface area contributed by atoms with Crippen molar-refractivity contribution in [3.05, 3.63) is 29.8 Å². The molecule has 1 saturated heterocycles. The molecule has 0 amide bonds. The van der Waals surface area contributed by atoms with Crippen LogP contribution in [0.5, 0.6) is 5.75 Å². The second-order valence-corrected chi connectivity index (χ2v) is 7.88. The van der Waals surface area contributed by atoms with E-state index in [4.69, 9.17) is 14.2 Å². The number of hydrogen-bond donors (Lipinski definition) is 2. The molecule has 1 aromatic carbocycles. The molecule has 2 N–H and O–H groups in total. The van der Waals surface area contributed by atoms with Gasteiger partial charge in [-0.05, 0) is 56.0 Å². The summed E-state index contributed by atoms with van der Waals surface area (Å²) in [5, 5.41) is 6.91. The number of hydrogen-bond acceptors (Lipinski definition) is 5. The zero-order valence-electron chi connectivity index (χ0n) is 20.3. The molecular weight excluding hydrogens is 519 g/mol. The molecule has 184 valence electrons. The van der Waals surface area contributed by atoms with E-state index in [1.165, 1.54) is 5.56 Å². The van der Waals surface area contributed by atoms with Gasteiger partial charge in [-0.1, -0.05) is 26.0 Å². The molecule has 1 aliphatic heterocycles. The zero-order chi connectivity index (χ0) is 22.3. The van der Waals surface area contributed by atoms with Gasteiger partial charge in [0, 0.05) is 46.6 Å². The summed E-state index contributed by atoms with van der Waals surface area (Å²) in [5.41, 5.74) is 1.24. The Labute approximate surface area is 211 Å². The summed E-state index contributed by atoms with van der Waals surface area (Å²) in [6.07, 6.45) is 3.20. The SMILES string of the molecule is CCN(CC)C(CNC(=NC)NCCCOCC1CCOCC1)c1cccc(OC)c1.I. The Bertz CT molecular complexity index is 637. The number of nitrogens with one attached hydrogen (secondary N) is 2. The zero-order valence-corrected chi connectivity index (χ0v) is 22.6. The molecule has 1 heterocycles. The van der Waals surface area contributed by atoms with Crippen LogP contribution in [-0.4, -0.2) is 77.6 Å². The van der Waals surface area contributed by atoms with Crippen molar-refractivity contribution in [1.82, 2.24) is 15.5 Å². The monoisotopic (exact) mass is 562 g/mol. The smallest absolute Gasteiger partial charge is 0.191 e. The summed E-state index contributed by atoms with van der Waals surface area (Å²) in [5.74, 6) is 2.37. The van der Waals surface area contributed by atoms with Crippen molar-refractivity contribution in [1.29, 1.82) is 0 Å². The van der Waals surface area contributed by atoms with Gasteiger partial charge in [0.1, 0.15) is 5.75 Å². The van der Waals surface area contributed by atoms with Crippen molar-refractivity contribution in [3.63, 3.8) is 0 Å². The maximum Gasteiger partial charge on any atom is 0.191 e. The van der Waals surface area contributed by atoms with Crippen LogP contribution in [0, 0.1) is 5.92 Å². The minimum absolute atomic E-state index is 0. The van der Waals surface area contributed by atoms with E-state index in [0.29, 0.717) is 5.92 Å². The van der Waals surface area contributed by atoms with Crippen LogP contribution in [0.3, 0.4) is 0 Å². The van der Waals surface area contributed by atoms with E-state index in [-0.39, 0.29) is 30.0 Å². The van der Waals surface area contributed by atoms with Crippen molar-refractivity contribution in [2.24, 2.45) is 10.9 Å². The first-order valence-electron chi connectivity index (χ1n) is 11.7. The number of aliphatic imine (C=N–C) groups is 1. The molecule has 7 nitrogen and oxygen atoms in total. The molecule has 0 aromatic heterocycles. The first-order chi connectivity index (χ1) is 15.2. The van der Waals surface area contributed by atoms with Gasteiger partial charge in [-0.25, -0.2) is 0 Å². The van der Waals surface area contributed by atoms with Crippen LogP contribution < -0.4 is 15.4 Å². The first-order valence-corrected chi connectivity index (χ1v) is 11.7. The average molecular weight is 563 g/mol. The highest BCUT2D eigenvalue weighted by atomic mass is 127. The minimum atomic E-state index is 0. The maximum absolute atomic E-state index is 5.85. The minimum Gasteiger partial charge on any atom is -0.497 e. The second-order valence-electron chi connectivity index (χ2n) is 7.88. The molecule has 1 aliphatic rings. The first kappa shape index (κ1) is 28.9. The third kappa shape index (κ3) is 10.2. The van der Waals surface area contributed by atoms with Gasteiger partial charge >= 0.3 is 0 Å². The molecule has 0 spiro atoms. The Balaban J connectivity index is 0.00000512. The molecule has 0 radical (unpaired) electrons. The third-order valence-corrected chi connectivity index (χ3v) is 5.87. The molecule has 1 unspecified atom stereocenters. The predicted molar refractivity (Wildman–Crippen MR) is 142 cm³/mol. The summed E-state index contributed by atoms with van der Waals surface area (Å²) in [6.45, 7) is 11.3. The Morgan fingerprint density at radius 1 is 1.22 bits per heavy atom.